The summed E-state index contributed by atoms with van der Waals surface area (Å²) in [7, 11) is 3.27. The Labute approximate surface area is 163 Å². The highest BCUT2D eigenvalue weighted by molar-refractivity contribution is 5.93. The number of methoxy groups -OCH3 is 2. The van der Waals surface area contributed by atoms with E-state index in [2.05, 4.69) is 5.16 Å². The van der Waals surface area contributed by atoms with Crippen molar-refractivity contribution < 1.29 is 18.8 Å². The fourth-order valence-corrected chi connectivity index (χ4v) is 3.60. The van der Waals surface area contributed by atoms with Gasteiger partial charge in [-0.05, 0) is 54.8 Å². The van der Waals surface area contributed by atoms with E-state index in [1.807, 2.05) is 53.4 Å². The summed E-state index contributed by atoms with van der Waals surface area (Å²) in [5.74, 6) is 1.69. The van der Waals surface area contributed by atoms with Gasteiger partial charge in [-0.25, -0.2) is 0 Å². The molecule has 1 aliphatic heterocycles. The van der Waals surface area contributed by atoms with Crippen LogP contribution in [0.1, 0.15) is 35.0 Å². The van der Waals surface area contributed by atoms with Crippen molar-refractivity contribution >= 4 is 5.91 Å². The molecule has 0 radical (unpaired) electrons. The quantitative estimate of drug-likeness (QED) is 0.661. The lowest BCUT2D eigenvalue weighted by atomic mass is 10.0. The molecule has 0 saturated carbocycles. The maximum atomic E-state index is 13.0. The van der Waals surface area contributed by atoms with Crippen molar-refractivity contribution in [1.82, 2.24) is 10.1 Å². The van der Waals surface area contributed by atoms with Crippen molar-refractivity contribution in [2.24, 2.45) is 0 Å². The van der Waals surface area contributed by atoms with Gasteiger partial charge in [0.05, 0.1) is 20.3 Å². The van der Waals surface area contributed by atoms with Crippen LogP contribution in [0.4, 0.5) is 0 Å². The van der Waals surface area contributed by atoms with Gasteiger partial charge in [-0.3, -0.25) is 4.79 Å². The highest BCUT2D eigenvalue weighted by atomic mass is 16.5. The fourth-order valence-electron chi connectivity index (χ4n) is 3.60. The van der Waals surface area contributed by atoms with E-state index in [0.717, 1.165) is 35.5 Å². The molecule has 0 bridgehead atoms. The summed E-state index contributed by atoms with van der Waals surface area (Å²) < 4.78 is 15.8. The number of nitrogens with zero attached hydrogens (tertiary/aromatic N) is 2. The van der Waals surface area contributed by atoms with Crippen LogP contribution in [0.3, 0.4) is 0 Å². The summed E-state index contributed by atoms with van der Waals surface area (Å²) in [6, 6.07) is 17.1. The van der Waals surface area contributed by atoms with E-state index in [4.69, 9.17) is 14.0 Å². The van der Waals surface area contributed by atoms with Gasteiger partial charge in [0.2, 0.25) is 5.76 Å². The van der Waals surface area contributed by atoms with E-state index < -0.39 is 0 Å². The average Bonchev–Trinajstić information content (AvgIpc) is 3.43. The zero-order valence-corrected chi connectivity index (χ0v) is 15.9. The Hall–Kier alpha value is -3.28. The lowest BCUT2D eigenvalue weighted by Crippen LogP contribution is -2.30. The largest absolute Gasteiger partial charge is 0.497 e. The molecule has 1 aliphatic rings. The molecule has 1 unspecified atom stereocenters. The number of aromatic nitrogens is 1. The lowest BCUT2D eigenvalue weighted by molar-refractivity contribution is 0.0693. The third-order valence-corrected chi connectivity index (χ3v) is 5.12. The van der Waals surface area contributed by atoms with E-state index >= 15 is 0 Å². The molecule has 1 amide bonds. The molecule has 28 heavy (non-hydrogen) atoms. The Morgan fingerprint density at radius 1 is 1.04 bits per heavy atom. The Bertz CT molecular complexity index is 947. The standard InChI is InChI=1S/C22H22N2O4/c1-26-17-9-5-15(6-10-17)19-14-21(28-23-19)22(25)24-13-3-4-20(24)16-7-11-18(27-2)12-8-16/h5-12,14,20H,3-4,13H2,1-2H3. The zero-order chi connectivity index (χ0) is 19.5. The van der Waals surface area contributed by atoms with Crippen LogP contribution in [0.15, 0.2) is 59.1 Å². The van der Waals surface area contributed by atoms with Crippen molar-refractivity contribution in [3.05, 3.63) is 65.9 Å². The minimum atomic E-state index is -0.134. The number of hydrogen-bond donors (Lipinski definition) is 0. The smallest absolute Gasteiger partial charge is 0.292 e. The molecule has 144 valence electrons. The first kappa shape index (κ1) is 18.1. The van der Waals surface area contributed by atoms with E-state index in [0.29, 0.717) is 12.2 Å². The van der Waals surface area contributed by atoms with Crippen LogP contribution in [-0.2, 0) is 0 Å². The molecule has 2 heterocycles. The lowest BCUT2D eigenvalue weighted by Gasteiger charge is -2.24. The van der Waals surface area contributed by atoms with Gasteiger partial charge in [-0.1, -0.05) is 17.3 Å². The second-order valence-corrected chi connectivity index (χ2v) is 6.73. The molecule has 1 aromatic heterocycles. The minimum absolute atomic E-state index is 0.0351. The van der Waals surface area contributed by atoms with Gasteiger partial charge in [0.1, 0.15) is 17.2 Å². The van der Waals surface area contributed by atoms with Gasteiger partial charge in [0.15, 0.2) is 0 Å². The van der Waals surface area contributed by atoms with Crippen LogP contribution in [0, 0.1) is 0 Å². The number of ether oxygens (including phenoxy) is 2. The van der Waals surface area contributed by atoms with Crippen LogP contribution < -0.4 is 9.47 Å². The topological polar surface area (TPSA) is 64.8 Å². The monoisotopic (exact) mass is 378 g/mol. The summed E-state index contributed by atoms with van der Waals surface area (Å²) >= 11 is 0. The number of benzene rings is 2. The maximum Gasteiger partial charge on any atom is 0.292 e. The van der Waals surface area contributed by atoms with E-state index in [1.54, 1.807) is 20.3 Å². The molecule has 1 atom stereocenters. The molecule has 6 nitrogen and oxygen atoms in total. The highest BCUT2D eigenvalue weighted by Crippen LogP contribution is 2.34. The second-order valence-electron chi connectivity index (χ2n) is 6.73. The Kier molecular flexibility index (Phi) is 5.02. The normalized spacial score (nSPS) is 16.2. The second kappa shape index (κ2) is 7.76. The zero-order valence-electron chi connectivity index (χ0n) is 15.9. The van der Waals surface area contributed by atoms with Crippen LogP contribution in [0.5, 0.6) is 11.5 Å². The Balaban J connectivity index is 1.53. The third kappa shape index (κ3) is 3.45. The van der Waals surface area contributed by atoms with Crippen LogP contribution in [0.2, 0.25) is 0 Å². The summed E-state index contributed by atoms with van der Waals surface area (Å²) in [6.07, 6.45) is 1.89. The first-order valence-corrected chi connectivity index (χ1v) is 9.25. The van der Waals surface area contributed by atoms with Crippen LogP contribution in [-0.4, -0.2) is 36.7 Å². The van der Waals surface area contributed by atoms with Gasteiger partial charge >= 0.3 is 0 Å². The summed E-state index contributed by atoms with van der Waals surface area (Å²) in [5.41, 5.74) is 2.60. The van der Waals surface area contributed by atoms with Crippen molar-refractivity contribution in [2.75, 3.05) is 20.8 Å². The average molecular weight is 378 g/mol. The first-order valence-electron chi connectivity index (χ1n) is 9.25. The molecular formula is C22H22N2O4. The highest BCUT2D eigenvalue weighted by Gasteiger charge is 2.32. The summed E-state index contributed by atoms with van der Waals surface area (Å²) in [6.45, 7) is 0.702. The predicted molar refractivity (Wildman–Crippen MR) is 104 cm³/mol. The molecule has 4 rings (SSSR count). The molecule has 2 aromatic carbocycles. The predicted octanol–water partition coefficient (Wildman–Crippen LogP) is 4.34. The van der Waals surface area contributed by atoms with Crippen LogP contribution in [0.25, 0.3) is 11.3 Å². The van der Waals surface area contributed by atoms with E-state index in [1.165, 1.54) is 0 Å². The number of carbonyl (C=O) groups excluding carboxylic acids is 1. The van der Waals surface area contributed by atoms with Crippen molar-refractivity contribution in [1.29, 1.82) is 0 Å². The number of rotatable bonds is 5. The van der Waals surface area contributed by atoms with E-state index in [-0.39, 0.29) is 17.7 Å². The van der Waals surface area contributed by atoms with Gasteiger partial charge in [0, 0.05) is 18.2 Å². The molecular weight excluding hydrogens is 356 g/mol. The van der Waals surface area contributed by atoms with Gasteiger partial charge in [-0.15, -0.1) is 0 Å². The summed E-state index contributed by atoms with van der Waals surface area (Å²) in [5, 5.41) is 4.08. The Morgan fingerprint density at radius 2 is 1.68 bits per heavy atom. The van der Waals surface area contributed by atoms with Gasteiger partial charge < -0.3 is 18.9 Å². The number of amides is 1. The van der Waals surface area contributed by atoms with Gasteiger partial charge in [-0.2, -0.15) is 0 Å². The van der Waals surface area contributed by atoms with Crippen LogP contribution >= 0.6 is 0 Å². The van der Waals surface area contributed by atoms with Crippen molar-refractivity contribution in [3.63, 3.8) is 0 Å². The fraction of sp³-hybridized carbons (Fsp3) is 0.273. The van der Waals surface area contributed by atoms with Gasteiger partial charge in [0.25, 0.3) is 5.91 Å². The van der Waals surface area contributed by atoms with Crippen molar-refractivity contribution in [3.8, 4) is 22.8 Å². The van der Waals surface area contributed by atoms with E-state index in [9.17, 15) is 4.79 Å². The summed E-state index contributed by atoms with van der Waals surface area (Å²) in [4.78, 5) is 14.9. The molecule has 3 aromatic rings. The maximum absolute atomic E-state index is 13.0. The SMILES string of the molecule is COc1ccc(-c2cc(C(=O)N3CCCC3c3ccc(OC)cc3)on2)cc1. The first-order chi connectivity index (χ1) is 13.7. The molecule has 0 aliphatic carbocycles. The number of likely N-dealkylation sites (tertiary alicyclic amines) is 1. The molecule has 0 spiro atoms. The molecule has 1 saturated heterocycles. The number of carbonyl (C=O) groups is 1. The molecule has 1 fully saturated rings. The Morgan fingerprint density at radius 3 is 2.32 bits per heavy atom. The number of hydrogen-bond acceptors (Lipinski definition) is 5. The molecule has 0 N–H and O–H groups in total. The third-order valence-electron chi connectivity index (χ3n) is 5.12. The minimum Gasteiger partial charge on any atom is -0.497 e. The molecule has 6 heteroatoms. The van der Waals surface area contributed by atoms with Crippen molar-refractivity contribution in [2.45, 2.75) is 18.9 Å².